The third-order valence-electron chi connectivity index (χ3n) is 3.39. The predicted octanol–water partition coefficient (Wildman–Crippen LogP) is 1.97. The summed E-state index contributed by atoms with van der Waals surface area (Å²) >= 11 is 0. The van der Waals surface area contributed by atoms with Crippen LogP contribution in [-0.2, 0) is 16.1 Å². The minimum absolute atomic E-state index is 0.259. The van der Waals surface area contributed by atoms with Crippen LogP contribution in [0.15, 0.2) is 53.9 Å². The summed E-state index contributed by atoms with van der Waals surface area (Å²) in [7, 11) is 0. The maximum atomic E-state index is 11.7. The van der Waals surface area contributed by atoms with Gasteiger partial charge >= 0.3 is 11.8 Å². The smallest absolute Gasteiger partial charge is 0.329 e. The number of aromatic nitrogens is 1. The summed E-state index contributed by atoms with van der Waals surface area (Å²) in [4.78, 5) is 27.2. The van der Waals surface area contributed by atoms with E-state index in [2.05, 4.69) is 34.7 Å². The summed E-state index contributed by atoms with van der Waals surface area (Å²) in [6, 6.07) is 11.4. The van der Waals surface area contributed by atoms with E-state index < -0.39 is 11.8 Å². The molecule has 0 saturated carbocycles. The van der Waals surface area contributed by atoms with Gasteiger partial charge in [0.05, 0.1) is 6.21 Å². The van der Waals surface area contributed by atoms with E-state index in [1.54, 1.807) is 24.5 Å². The average Bonchev–Trinajstić information content (AvgIpc) is 2.61. The quantitative estimate of drug-likeness (QED) is 0.501. The number of carbonyl (C=O) groups is 2. The largest absolute Gasteiger partial charge is 0.344 e. The Morgan fingerprint density at radius 3 is 2.38 bits per heavy atom. The molecule has 6 nitrogen and oxygen atoms in total. The number of benzene rings is 1. The SMILES string of the molecule is CC(C)c1ccc(C=NNC(=O)C(=O)NCc2ccncc2)cc1. The lowest BCUT2D eigenvalue weighted by molar-refractivity contribution is -0.139. The molecule has 2 N–H and O–H groups in total. The molecule has 0 aliphatic rings. The molecule has 0 fully saturated rings. The van der Waals surface area contributed by atoms with Crippen LogP contribution in [0.4, 0.5) is 0 Å². The highest BCUT2D eigenvalue weighted by molar-refractivity contribution is 6.35. The predicted molar refractivity (Wildman–Crippen MR) is 92.4 cm³/mol. The van der Waals surface area contributed by atoms with E-state index in [0.717, 1.165) is 11.1 Å². The molecule has 1 aromatic carbocycles. The number of nitrogens with one attached hydrogen (secondary N) is 2. The topological polar surface area (TPSA) is 83.5 Å². The molecule has 2 rings (SSSR count). The lowest BCUT2D eigenvalue weighted by Gasteiger charge is -2.05. The maximum absolute atomic E-state index is 11.7. The van der Waals surface area contributed by atoms with E-state index in [9.17, 15) is 9.59 Å². The fraction of sp³-hybridized carbons (Fsp3) is 0.222. The van der Waals surface area contributed by atoms with Crippen molar-refractivity contribution in [2.75, 3.05) is 0 Å². The Hall–Kier alpha value is -3.02. The van der Waals surface area contributed by atoms with Crippen LogP contribution in [0.1, 0.15) is 36.5 Å². The zero-order chi connectivity index (χ0) is 17.4. The second-order valence-electron chi connectivity index (χ2n) is 5.56. The molecule has 0 radical (unpaired) electrons. The van der Waals surface area contributed by atoms with Gasteiger partial charge in [-0.25, -0.2) is 5.43 Å². The first-order valence-corrected chi connectivity index (χ1v) is 7.66. The highest BCUT2D eigenvalue weighted by Crippen LogP contribution is 2.13. The van der Waals surface area contributed by atoms with E-state index in [-0.39, 0.29) is 6.54 Å². The first kappa shape index (κ1) is 17.3. The van der Waals surface area contributed by atoms with E-state index in [0.29, 0.717) is 5.92 Å². The highest BCUT2D eigenvalue weighted by atomic mass is 16.2. The van der Waals surface area contributed by atoms with Gasteiger partial charge in [-0.15, -0.1) is 0 Å². The molecule has 0 aliphatic heterocycles. The number of nitrogens with zero attached hydrogens (tertiary/aromatic N) is 2. The monoisotopic (exact) mass is 324 g/mol. The Balaban J connectivity index is 1.80. The van der Waals surface area contributed by atoms with Crippen molar-refractivity contribution < 1.29 is 9.59 Å². The molecule has 0 unspecified atom stereocenters. The van der Waals surface area contributed by atoms with E-state index in [4.69, 9.17) is 0 Å². The number of rotatable bonds is 5. The van der Waals surface area contributed by atoms with Crippen LogP contribution in [0.2, 0.25) is 0 Å². The summed E-state index contributed by atoms with van der Waals surface area (Å²) in [5.41, 5.74) is 5.14. The van der Waals surface area contributed by atoms with Crippen LogP contribution >= 0.6 is 0 Å². The number of hydrazone groups is 1. The van der Waals surface area contributed by atoms with Crippen LogP contribution in [0, 0.1) is 0 Å². The Morgan fingerprint density at radius 2 is 1.75 bits per heavy atom. The summed E-state index contributed by atoms with van der Waals surface area (Å²) in [6.45, 7) is 4.50. The fourth-order valence-corrected chi connectivity index (χ4v) is 1.95. The highest BCUT2D eigenvalue weighted by Gasteiger charge is 2.11. The molecular weight excluding hydrogens is 304 g/mol. The van der Waals surface area contributed by atoms with Crippen LogP contribution < -0.4 is 10.7 Å². The van der Waals surface area contributed by atoms with Crippen molar-refractivity contribution in [3.8, 4) is 0 Å². The fourth-order valence-electron chi connectivity index (χ4n) is 1.95. The molecule has 2 aromatic rings. The third-order valence-corrected chi connectivity index (χ3v) is 3.39. The molecule has 1 aromatic heterocycles. The Labute approximate surface area is 141 Å². The first-order valence-electron chi connectivity index (χ1n) is 7.66. The third kappa shape index (κ3) is 5.31. The Kier molecular flexibility index (Phi) is 6.19. The maximum Gasteiger partial charge on any atom is 0.329 e. The van der Waals surface area contributed by atoms with Gasteiger partial charge in [-0.3, -0.25) is 14.6 Å². The van der Waals surface area contributed by atoms with Crippen molar-refractivity contribution in [2.45, 2.75) is 26.3 Å². The summed E-state index contributed by atoms with van der Waals surface area (Å²) < 4.78 is 0. The van der Waals surface area contributed by atoms with Crippen molar-refractivity contribution in [2.24, 2.45) is 5.10 Å². The van der Waals surface area contributed by atoms with Crippen molar-refractivity contribution in [3.63, 3.8) is 0 Å². The second-order valence-corrected chi connectivity index (χ2v) is 5.56. The standard InChI is InChI=1S/C18H20N4O2/c1-13(2)16-5-3-14(4-6-16)12-21-22-18(24)17(23)20-11-15-7-9-19-10-8-15/h3-10,12-13H,11H2,1-2H3,(H,20,23)(H,22,24). The van der Waals surface area contributed by atoms with Gasteiger partial charge in [0, 0.05) is 18.9 Å². The summed E-state index contributed by atoms with van der Waals surface area (Å²) in [5, 5.41) is 6.31. The number of pyridine rings is 1. The van der Waals surface area contributed by atoms with Gasteiger partial charge in [-0.2, -0.15) is 5.10 Å². The van der Waals surface area contributed by atoms with Crippen LogP contribution in [0.25, 0.3) is 0 Å². The second kappa shape index (κ2) is 8.57. The van der Waals surface area contributed by atoms with Gasteiger partial charge in [0.1, 0.15) is 0 Å². The van der Waals surface area contributed by atoms with E-state index >= 15 is 0 Å². The number of hydrogen-bond acceptors (Lipinski definition) is 4. The van der Waals surface area contributed by atoms with Crippen LogP contribution in [0.5, 0.6) is 0 Å². The molecular formula is C18H20N4O2. The van der Waals surface area contributed by atoms with E-state index in [1.807, 2.05) is 24.3 Å². The molecule has 0 bridgehead atoms. The molecule has 2 amide bonds. The van der Waals surface area contributed by atoms with Crippen molar-refractivity contribution in [3.05, 3.63) is 65.5 Å². The van der Waals surface area contributed by atoms with Gasteiger partial charge in [-0.1, -0.05) is 38.1 Å². The molecule has 124 valence electrons. The van der Waals surface area contributed by atoms with Crippen molar-refractivity contribution >= 4 is 18.0 Å². The van der Waals surface area contributed by atoms with Gasteiger partial charge in [0.25, 0.3) is 0 Å². The van der Waals surface area contributed by atoms with E-state index in [1.165, 1.54) is 11.8 Å². The molecule has 6 heteroatoms. The number of hydrogen-bond donors (Lipinski definition) is 2. The van der Waals surface area contributed by atoms with Gasteiger partial charge in [0.15, 0.2) is 0 Å². The molecule has 0 saturated heterocycles. The molecule has 0 atom stereocenters. The van der Waals surface area contributed by atoms with Crippen LogP contribution in [-0.4, -0.2) is 23.0 Å². The summed E-state index contributed by atoms with van der Waals surface area (Å²) in [5.74, 6) is -1.09. The van der Waals surface area contributed by atoms with Crippen molar-refractivity contribution in [1.29, 1.82) is 0 Å². The lowest BCUT2D eigenvalue weighted by Crippen LogP contribution is -2.37. The first-order chi connectivity index (χ1) is 11.6. The summed E-state index contributed by atoms with van der Waals surface area (Å²) in [6.07, 6.45) is 4.74. The lowest BCUT2D eigenvalue weighted by atomic mass is 10.0. The average molecular weight is 324 g/mol. The zero-order valence-electron chi connectivity index (χ0n) is 13.7. The van der Waals surface area contributed by atoms with Crippen LogP contribution in [0.3, 0.4) is 0 Å². The molecule has 1 heterocycles. The molecule has 0 spiro atoms. The van der Waals surface area contributed by atoms with Gasteiger partial charge < -0.3 is 5.32 Å². The number of carbonyl (C=O) groups excluding carboxylic acids is 2. The minimum atomic E-state index is -0.806. The number of amides is 2. The Morgan fingerprint density at radius 1 is 1.08 bits per heavy atom. The molecule has 24 heavy (non-hydrogen) atoms. The minimum Gasteiger partial charge on any atom is -0.344 e. The van der Waals surface area contributed by atoms with Crippen molar-refractivity contribution in [1.82, 2.24) is 15.7 Å². The normalized spacial score (nSPS) is 10.8. The molecule has 0 aliphatic carbocycles. The van der Waals surface area contributed by atoms with Gasteiger partial charge in [-0.05, 0) is 34.7 Å². The Bertz CT molecular complexity index is 710. The zero-order valence-corrected chi connectivity index (χ0v) is 13.7. The van der Waals surface area contributed by atoms with Gasteiger partial charge in [0.2, 0.25) is 0 Å².